The number of rotatable bonds is 4. The van der Waals surface area contributed by atoms with E-state index in [-0.39, 0.29) is 11.5 Å². The van der Waals surface area contributed by atoms with Gasteiger partial charge in [0.2, 0.25) is 0 Å². The maximum absolute atomic E-state index is 4.18. The van der Waals surface area contributed by atoms with E-state index in [0.29, 0.717) is 6.04 Å². The van der Waals surface area contributed by atoms with Crippen LogP contribution in [0, 0.1) is 0 Å². The molecule has 2 rings (SSSR count). The fraction of sp³-hybridized carbons (Fsp3) is 0.421. The average Bonchev–Trinajstić information content (AvgIpc) is 2.47. The van der Waals surface area contributed by atoms with E-state index in [0.717, 1.165) is 0 Å². The molecule has 2 unspecified atom stereocenters. The monoisotopic (exact) mass is 282 g/mol. The van der Waals surface area contributed by atoms with Crippen molar-refractivity contribution >= 4 is 0 Å². The number of nitrogens with one attached hydrogen (secondary N) is 1. The highest BCUT2D eigenvalue weighted by Crippen LogP contribution is 2.25. The Balaban J connectivity index is 2.05. The summed E-state index contributed by atoms with van der Waals surface area (Å²) in [7, 11) is 0. The zero-order valence-electron chi connectivity index (χ0n) is 13.7. The van der Waals surface area contributed by atoms with Gasteiger partial charge in [-0.25, -0.2) is 0 Å². The van der Waals surface area contributed by atoms with Crippen molar-refractivity contribution in [1.29, 1.82) is 0 Å². The molecular formula is C19H26N2. The van der Waals surface area contributed by atoms with Crippen LogP contribution in [-0.2, 0) is 5.41 Å². The van der Waals surface area contributed by atoms with E-state index in [1.54, 1.807) is 0 Å². The molecule has 1 aromatic heterocycles. The molecule has 0 bridgehead atoms. The third-order valence-corrected chi connectivity index (χ3v) is 3.96. The van der Waals surface area contributed by atoms with E-state index in [4.69, 9.17) is 0 Å². The van der Waals surface area contributed by atoms with Crippen molar-refractivity contribution in [2.45, 2.75) is 52.1 Å². The lowest BCUT2D eigenvalue weighted by Gasteiger charge is -2.23. The maximum atomic E-state index is 4.18. The molecule has 0 amide bonds. The normalized spacial score (nSPS) is 14.7. The lowest BCUT2D eigenvalue weighted by atomic mass is 9.86. The molecule has 2 nitrogen and oxygen atoms in total. The van der Waals surface area contributed by atoms with Crippen molar-refractivity contribution < 1.29 is 0 Å². The highest BCUT2D eigenvalue weighted by Gasteiger charge is 2.15. The Morgan fingerprint density at radius 2 is 1.52 bits per heavy atom. The van der Waals surface area contributed by atoms with Gasteiger partial charge in [0.1, 0.15) is 0 Å². The molecule has 0 radical (unpaired) electrons. The third-order valence-electron chi connectivity index (χ3n) is 3.96. The summed E-state index contributed by atoms with van der Waals surface area (Å²) in [6, 6.07) is 13.6. The number of hydrogen-bond acceptors (Lipinski definition) is 2. The fourth-order valence-electron chi connectivity index (χ4n) is 2.47. The van der Waals surface area contributed by atoms with Crippen molar-refractivity contribution in [3.63, 3.8) is 0 Å². The van der Waals surface area contributed by atoms with Crippen LogP contribution in [0.1, 0.15) is 63.4 Å². The average molecular weight is 282 g/mol. The highest BCUT2D eigenvalue weighted by molar-refractivity contribution is 5.29. The molecule has 1 heterocycles. The quantitative estimate of drug-likeness (QED) is 0.872. The van der Waals surface area contributed by atoms with Gasteiger partial charge in [0.15, 0.2) is 0 Å². The van der Waals surface area contributed by atoms with Crippen molar-refractivity contribution in [1.82, 2.24) is 10.3 Å². The first-order chi connectivity index (χ1) is 9.88. The molecule has 2 aromatic rings. The van der Waals surface area contributed by atoms with Gasteiger partial charge in [-0.2, -0.15) is 0 Å². The first-order valence-electron chi connectivity index (χ1n) is 7.64. The lowest BCUT2D eigenvalue weighted by Crippen LogP contribution is -2.22. The molecule has 112 valence electrons. The standard InChI is InChI=1S/C19H26N2/c1-14(21-15(2)17-7-6-12-20-13-17)16-8-10-18(11-9-16)19(3,4)5/h6-15,21H,1-5H3. The van der Waals surface area contributed by atoms with Gasteiger partial charge in [0.05, 0.1) is 0 Å². The maximum Gasteiger partial charge on any atom is 0.0315 e. The summed E-state index contributed by atoms with van der Waals surface area (Å²) in [5.74, 6) is 0. The van der Waals surface area contributed by atoms with Crippen molar-refractivity contribution in [3.05, 3.63) is 65.5 Å². The van der Waals surface area contributed by atoms with Crippen LogP contribution in [0.15, 0.2) is 48.8 Å². The molecule has 0 aliphatic heterocycles. The highest BCUT2D eigenvalue weighted by atomic mass is 14.9. The molecular weight excluding hydrogens is 256 g/mol. The summed E-state index contributed by atoms with van der Waals surface area (Å²) in [4.78, 5) is 4.18. The molecule has 2 atom stereocenters. The van der Waals surface area contributed by atoms with E-state index >= 15 is 0 Å². The third kappa shape index (κ3) is 4.15. The minimum atomic E-state index is 0.207. The molecule has 0 saturated carbocycles. The minimum Gasteiger partial charge on any atom is -0.304 e. The Morgan fingerprint density at radius 3 is 2.05 bits per heavy atom. The van der Waals surface area contributed by atoms with Crippen LogP contribution in [-0.4, -0.2) is 4.98 Å². The Bertz CT molecular complexity index is 552. The summed E-state index contributed by atoms with van der Waals surface area (Å²) < 4.78 is 0. The minimum absolute atomic E-state index is 0.207. The van der Waals surface area contributed by atoms with Gasteiger partial charge in [0.25, 0.3) is 0 Å². The van der Waals surface area contributed by atoms with Gasteiger partial charge >= 0.3 is 0 Å². The van der Waals surface area contributed by atoms with Gasteiger partial charge in [-0.05, 0) is 42.0 Å². The van der Waals surface area contributed by atoms with E-state index < -0.39 is 0 Å². The SMILES string of the molecule is CC(NC(C)c1cccnc1)c1ccc(C(C)(C)C)cc1. The molecule has 0 aliphatic rings. The molecule has 21 heavy (non-hydrogen) atoms. The summed E-state index contributed by atoms with van der Waals surface area (Å²) in [5.41, 5.74) is 4.12. The van der Waals surface area contributed by atoms with E-state index in [2.05, 4.69) is 75.3 Å². The first kappa shape index (κ1) is 15.7. The molecule has 1 aromatic carbocycles. The van der Waals surface area contributed by atoms with Gasteiger partial charge in [-0.15, -0.1) is 0 Å². The zero-order chi connectivity index (χ0) is 15.5. The summed E-state index contributed by atoms with van der Waals surface area (Å²) in [6.45, 7) is 11.1. The predicted molar refractivity (Wildman–Crippen MR) is 89.3 cm³/mol. The molecule has 0 saturated heterocycles. The number of pyridine rings is 1. The van der Waals surface area contributed by atoms with Crippen molar-refractivity contribution in [3.8, 4) is 0 Å². The number of hydrogen-bond donors (Lipinski definition) is 1. The topological polar surface area (TPSA) is 24.9 Å². The van der Waals surface area contributed by atoms with Gasteiger partial charge < -0.3 is 5.32 Å². The predicted octanol–water partition coefficient (Wildman–Crippen LogP) is 4.79. The van der Waals surface area contributed by atoms with Crippen LogP contribution in [0.3, 0.4) is 0 Å². The fourth-order valence-corrected chi connectivity index (χ4v) is 2.47. The summed E-state index contributed by atoms with van der Waals surface area (Å²) in [6.07, 6.45) is 3.73. The smallest absolute Gasteiger partial charge is 0.0315 e. The molecule has 2 heteroatoms. The van der Waals surface area contributed by atoms with Crippen LogP contribution in [0.2, 0.25) is 0 Å². The Morgan fingerprint density at radius 1 is 0.905 bits per heavy atom. The largest absolute Gasteiger partial charge is 0.304 e. The second kappa shape index (κ2) is 6.40. The van der Waals surface area contributed by atoms with Crippen molar-refractivity contribution in [2.24, 2.45) is 0 Å². The van der Waals surface area contributed by atoms with E-state index in [1.165, 1.54) is 16.7 Å². The summed E-state index contributed by atoms with van der Waals surface area (Å²) >= 11 is 0. The number of benzene rings is 1. The first-order valence-corrected chi connectivity index (χ1v) is 7.64. The molecule has 0 fully saturated rings. The Kier molecular flexibility index (Phi) is 4.79. The Labute approximate surface area is 128 Å². The molecule has 0 spiro atoms. The van der Waals surface area contributed by atoms with Gasteiger partial charge in [-0.3, -0.25) is 4.98 Å². The van der Waals surface area contributed by atoms with Crippen LogP contribution in [0.5, 0.6) is 0 Å². The van der Waals surface area contributed by atoms with Crippen LogP contribution >= 0.6 is 0 Å². The van der Waals surface area contributed by atoms with E-state index in [9.17, 15) is 0 Å². The molecule has 0 aliphatic carbocycles. The second-order valence-corrected chi connectivity index (χ2v) is 6.77. The van der Waals surface area contributed by atoms with Crippen LogP contribution in [0.25, 0.3) is 0 Å². The lowest BCUT2D eigenvalue weighted by molar-refractivity contribution is 0.493. The Hall–Kier alpha value is -1.67. The van der Waals surface area contributed by atoms with Crippen molar-refractivity contribution in [2.75, 3.05) is 0 Å². The van der Waals surface area contributed by atoms with Gasteiger partial charge in [0, 0.05) is 24.5 Å². The summed E-state index contributed by atoms with van der Waals surface area (Å²) in [5, 5.41) is 3.63. The van der Waals surface area contributed by atoms with E-state index in [1.807, 2.05) is 18.5 Å². The zero-order valence-corrected chi connectivity index (χ0v) is 13.7. The van der Waals surface area contributed by atoms with Crippen LogP contribution in [0.4, 0.5) is 0 Å². The molecule has 1 N–H and O–H groups in total. The van der Waals surface area contributed by atoms with Gasteiger partial charge in [-0.1, -0.05) is 51.1 Å². The number of aromatic nitrogens is 1. The number of nitrogens with zero attached hydrogens (tertiary/aromatic N) is 1. The second-order valence-electron chi connectivity index (χ2n) is 6.77. The van der Waals surface area contributed by atoms with Crippen LogP contribution < -0.4 is 5.32 Å².